The first kappa shape index (κ1) is 17.6. The molecule has 0 aromatic heterocycles. The largest absolute Gasteiger partial charge is 0.461 e. The van der Waals surface area contributed by atoms with Crippen LogP contribution in [0.15, 0.2) is 34.4 Å². The summed E-state index contributed by atoms with van der Waals surface area (Å²) in [4.78, 5) is 37.0. The number of carbonyl (C=O) groups is 3. The highest BCUT2D eigenvalue weighted by Gasteiger charge is 2.55. The summed E-state index contributed by atoms with van der Waals surface area (Å²) in [6.45, 7) is 9.09. The molecule has 0 unspecified atom stereocenters. The third-order valence-electron chi connectivity index (χ3n) is 5.74. The summed E-state index contributed by atoms with van der Waals surface area (Å²) in [6, 6.07) is 0. The van der Waals surface area contributed by atoms with E-state index in [9.17, 15) is 14.4 Å². The van der Waals surface area contributed by atoms with Gasteiger partial charge in [-0.2, -0.15) is 0 Å². The van der Waals surface area contributed by atoms with Crippen LogP contribution in [0.3, 0.4) is 0 Å². The number of esters is 2. The average Bonchev–Trinajstić information content (AvgIpc) is 2.96. The highest BCUT2D eigenvalue weighted by Crippen LogP contribution is 2.48. The Kier molecular flexibility index (Phi) is 4.43. The van der Waals surface area contributed by atoms with E-state index in [0.29, 0.717) is 17.6 Å². The Bertz CT molecular complexity index is 739. The molecule has 1 saturated heterocycles. The Morgan fingerprint density at radius 3 is 2.64 bits per heavy atom. The first-order chi connectivity index (χ1) is 11.8. The van der Waals surface area contributed by atoms with E-state index in [1.54, 1.807) is 26.0 Å². The minimum Gasteiger partial charge on any atom is -0.461 e. The molecule has 1 heterocycles. The van der Waals surface area contributed by atoms with Gasteiger partial charge in [0.05, 0.1) is 5.92 Å². The minimum absolute atomic E-state index is 0.0223. The van der Waals surface area contributed by atoms with Crippen molar-refractivity contribution in [2.75, 3.05) is 0 Å². The van der Waals surface area contributed by atoms with Gasteiger partial charge in [0.2, 0.25) is 0 Å². The molecule has 134 valence electrons. The summed E-state index contributed by atoms with van der Waals surface area (Å²) >= 11 is 0. The van der Waals surface area contributed by atoms with Crippen molar-refractivity contribution in [2.24, 2.45) is 17.8 Å². The minimum atomic E-state index is -0.479. The second kappa shape index (κ2) is 6.28. The number of ketones is 1. The number of hydrogen-bond acceptors (Lipinski definition) is 5. The van der Waals surface area contributed by atoms with Gasteiger partial charge in [-0.1, -0.05) is 24.1 Å². The van der Waals surface area contributed by atoms with Crippen molar-refractivity contribution < 1.29 is 23.9 Å². The number of ether oxygens (including phenoxy) is 2. The smallest absolute Gasteiger partial charge is 0.333 e. The van der Waals surface area contributed by atoms with Gasteiger partial charge in [0, 0.05) is 29.4 Å². The Labute approximate surface area is 147 Å². The van der Waals surface area contributed by atoms with Crippen molar-refractivity contribution >= 4 is 17.7 Å². The lowest BCUT2D eigenvalue weighted by molar-refractivity contribution is -0.148. The van der Waals surface area contributed by atoms with Crippen LogP contribution in [0.1, 0.15) is 41.0 Å². The summed E-state index contributed by atoms with van der Waals surface area (Å²) in [7, 11) is 0. The van der Waals surface area contributed by atoms with E-state index in [1.165, 1.54) is 0 Å². The molecule has 0 N–H and O–H groups in total. The molecule has 5 nitrogen and oxygen atoms in total. The lowest BCUT2D eigenvalue weighted by Gasteiger charge is -2.29. The maximum absolute atomic E-state index is 12.4. The quantitative estimate of drug-likeness (QED) is 0.569. The van der Waals surface area contributed by atoms with Gasteiger partial charge >= 0.3 is 11.9 Å². The van der Waals surface area contributed by atoms with Crippen molar-refractivity contribution in [3.05, 3.63) is 34.4 Å². The van der Waals surface area contributed by atoms with E-state index in [-0.39, 0.29) is 35.5 Å². The molecule has 0 bridgehead atoms. The number of carbonyl (C=O) groups excluding carboxylic acids is 3. The van der Waals surface area contributed by atoms with Crippen LogP contribution >= 0.6 is 0 Å². The maximum atomic E-state index is 12.4. The van der Waals surface area contributed by atoms with Crippen molar-refractivity contribution in [2.45, 2.75) is 53.2 Å². The molecule has 5 heteroatoms. The summed E-state index contributed by atoms with van der Waals surface area (Å²) in [6.07, 6.45) is 2.85. The number of hydrogen-bond donors (Lipinski definition) is 0. The SMILES string of the molecule is CC=C(C)C(=O)O[C@@H]1CC(C)=C2C(=O)C=C(C)[C@@H]2[C@@H]2OC(=O)[C@@H](C)[C@@H]21. The molecular formula is C20H24O5. The van der Waals surface area contributed by atoms with Gasteiger partial charge < -0.3 is 9.47 Å². The van der Waals surface area contributed by atoms with Crippen molar-refractivity contribution in [1.29, 1.82) is 0 Å². The van der Waals surface area contributed by atoms with Crippen LogP contribution in [0.5, 0.6) is 0 Å². The van der Waals surface area contributed by atoms with Crippen molar-refractivity contribution in [1.82, 2.24) is 0 Å². The van der Waals surface area contributed by atoms with Crippen molar-refractivity contribution in [3.63, 3.8) is 0 Å². The third-order valence-corrected chi connectivity index (χ3v) is 5.74. The predicted molar refractivity (Wildman–Crippen MR) is 91.4 cm³/mol. The summed E-state index contributed by atoms with van der Waals surface area (Å²) in [5.74, 6) is -1.55. The Morgan fingerprint density at radius 2 is 2.00 bits per heavy atom. The third kappa shape index (κ3) is 2.75. The Hall–Kier alpha value is -2.17. The van der Waals surface area contributed by atoms with Gasteiger partial charge in [-0.3, -0.25) is 9.59 Å². The molecule has 1 aliphatic heterocycles. The number of fused-ring (bicyclic) bond motifs is 3. The fourth-order valence-corrected chi connectivity index (χ4v) is 4.26. The molecule has 1 fully saturated rings. The second-order valence-corrected chi connectivity index (χ2v) is 7.31. The molecule has 0 saturated carbocycles. The van der Waals surface area contributed by atoms with E-state index in [0.717, 1.165) is 11.1 Å². The highest BCUT2D eigenvalue weighted by atomic mass is 16.6. The molecule has 5 atom stereocenters. The predicted octanol–water partition coefficient (Wildman–Crippen LogP) is 2.91. The van der Waals surface area contributed by atoms with Crippen LogP contribution in [0.4, 0.5) is 0 Å². The van der Waals surface area contributed by atoms with E-state index in [2.05, 4.69) is 0 Å². The van der Waals surface area contributed by atoms with Gasteiger partial charge in [0.25, 0.3) is 0 Å². The van der Waals surface area contributed by atoms with Crippen LogP contribution in [-0.4, -0.2) is 29.9 Å². The van der Waals surface area contributed by atoms with E-state index < -0.39 is 12.2 Å². The average molecular weight is 344 g/mol. The zero-order valence-corrected chi connectivity index (χ0v) is 15.3. The molecular weight excluding hydrogens is 320 g/mol. The summed E-state index contributed by atoms with van der Waals surface area (Å²) in [5.41, 5.74) is 3.05. The number of rotatable bonds is 2. The molecule has 3 aliphatic rings. The zero-order valence-electron chi connectivity index (χ0n) is 15.3. The lowest BCUT2D eigenvalue weighted by Crippen LogP contribution is -2.38. The first-order valence-corrected chi connectivity index (χ1v) is 8.72. The van der Waals surface area contributed by atoms with Crippen LogP contribution in [0.2, 0.25) is 0 Å². The second-order valence-electron chi connectivity index (χ2n) is 7.31. The fourth-order valence-electron chi connectivity index (χ4n) is 4.26. The molecule has 0 aromatic carbocycles. The van der Waals surface area contributed by atoms with Gasteiger partial charge in [-0.15, -0.1) is 0 Å². The van der Waals surface area contributed by atoms with Gasteiger partial charge in [0.1, 0.15) is 12.2 Å². The first-order valence-electron chi connectivity index (χ1n) is 8.72. The van der Waals surface area contributed by atoms with E-state index >= 15 is 0 Å². The highest BCUT2D eigenvalue weighted by molar-refractivity contribution is 6.09. The summed E-state index contributed by atoms with van der Waals surface area (Å²) in [5, 5.41) is 0. The van der Waals surface area contributed by atoms with E-state index in [4.69, 9.17) is 9.47 Å². The Balaban J connectivity index is 2.02. The molecule has 0 spiro atoms. The molecule has 0 amide bonds. The fraction of sp³-hybridized carbons (Fsp3) is 0.550. The van der Waals surface area contributed by atoms with Crippen molar-refractivity contribution in [3.8, 4) is 0 Å². The zero-order chi connectivity index (χ0) is 18.5. The molecule has 0 aromatic rings. The van der Waals surface area contributed by atoms with Gasteiger partial charge in [-0.25, -0.2) is 4.79 Å². The monoisotopic (exact) mass is 344 g/mol. The summed E-state index contributed by atoms with van der Waals surface area (Å²) < 4.78 is 11.4. The van der Waals surface area contributed by atoms with Crippen LogP contribution in [0, 0.1) is 17.8 Å². The Morgan fingerprint density at radius 1 is 1.32 bits per heavy atom. The van der Waals surface area contributed by atoms with Crippen LogP contribution < -0.4 is 0 Å². The number of allylic oxidation sites excluding steroid dienone is 2. The van der Waals surface area contributed by atoms with Crippen LogP contribution in [0.25, 0.3) is 0 Å². The van der Waals surface area contributed by atoms with Gasteiger partial charge in [0.15, 0.2) is 5.78 Å². The van der Waals surface area contributed by atoms with Crippen LogP contribution in [-0.2, 0) is 23.9 Å². The molecule has 25 heavy (non-hydrogen) atoms. The molecule has 0 radical (unpaired) electrons. The standard InChI is InChI=1S/C20H24O5/c1-6-9(2)19(22)24-14-8-11(4)15-13(21)7-10(3)16(15)18-17(14)12(5)20(23)25-18/h6-7,12,14,16-18H,8H2,1-5H3/t12-,14+,16-,17+,18-/m0/s1. The maximum Gasteiger partial charge on any atom is 0.333 e. The topological polar surface area (TPSA) is 69.7 Å². The van der Waals surface area contributed by atoms with Gasteiger partial charge in [-0.05, 0) is 33.8 Å². The molecule has 2 aliphatic carbocycles. The van der Waals surface area contributed by atoms with E-state index in [1.807, 2.05) is 20.8 Å². The normalized spacial score (nSPS) is 35.0. The lowest BCUT2D eigenvalue weighted by atomic mass is 9.79. The molecule has 3 rings (SSSR count).